The summed E-state index contributed by atoms with van der Waals surface area (Å²) in [7, 11) is 0. The van der Waals surface area contributed by atoms with Gasteiger partial charge in [-0.05, 0) is 42.0 Å². The number of nitrogens with zero attached hydrogens (tertiary/aromatic N) is 1. The average Bonchev–Trinajstić information content (AvgIpc) is 2.70. The number of nitro benzene ring substituents is 1. The van der Waals surface area contributed by atoms with Crippen LogP contribution < -0.4 is 10.1 Å². The van der Waals surface area contributed by atoms with Crippen molar-refractivity contribution in [1.82, 2.24) is 5.32 Å². The Morgan fingerprint density at radius 3 is 2.33 bits per heavy atom. The van der Waals surface area contributed by atoms with Crippen molar-refractivity contribution >= 4 is 17.4 Å². The van der Waals surface area contributed by atoms with Gasteiger partial charge in [0.15, 0.2) is 12.4 Å². The van der Waals surface area contributed by atoms with Crippen LogP contribution in [0.1, 0.15) is 35.4 Å². The fraction of sp³-hybridized carbons (Fsp3) is 0.263. The Morgan fingerprint density at radius 1 is 1.15 bits per heavy atom. The van der Waals surface area contributed by atoms with E-state index in [0.717, 1.165) is 0 Å². The van der Waals surface area contributed by atoms with Gasteiger partial charge in [0, 0.05) is 30.7 Å². The molecule has 2 N–H and O–H groups in total. The molecule has 0 aliphatic heterocycles. The van der Waals surface area contributed by atoms with Crippen LogP contribution in [0.5, 0.6) is 5.75 Å². The van der Waals surface area contributed by atoms with Crippen molar-refractivity contribution < 1.29 is 24.4 Å². The first-order valence-corrected chi connectivity index (χ1v) is 8.36. The van der Waals surface area contributed by atoms with E-state index in [2.05, 4.69) is 5.32 Å². The SMILES string of the molecule is CCC(=O)c1ccc(OCC(=O)NC[C@@H](O)c2ccc([N+](=O)[O-])cc2)cc1. The number of non-ortho nitro benzene ring substituents is 1. The van der Waals surface area contributed by atoms with Crippen LogP contribution in [0.2, 0.25) is 0 Å². The molecule has 0 unspecified atom stereocenters. The highest BCUT2D eigenvalue weighted by Gasteiger charge is 2.12. The van der Waals surface area contributed by atoms with Crippen LogP contribution in [0.4, 0.5) is 5.69 Å². The molecule has 0 aliphatic carbocycles. The number of aliphatic hydroxyl groups is 1. The number of ketones is 1. The van der Waals surface area contributed by atoms with Crippen molar-refractivity contribution in [2.45, 2.75) is 19.4 Å². The number of amides is 1. The van der Waals surface area contributed by atoms with Gasteiger partial charge in [-0.25, -0.2) is 0 Å². The Hall–Kier alpha value is -3.26. The predicted octanol–water partition coefficient (Wildman–Crippen LogP) is 2.42. The number of carbonyl (C=O) groups is 2. The quantitative estimate of drug-likeness (QED) is 0.396. The van der Waals surface area contributed by atoms with Crippen molar-refractivity contribution in [1.29, 1.82) is 0 Å². The predicted molar refractivity (Wildman–Crippen MR) is 97.6 cm³/mol. The molecule has 142 valence electrons. The topological polar surface area (TPSA) is 119 Å². The van der Waals surface area contributed by atoms with Crippen LogP contribution in [0, 0.1) is 10.1 Å². The van der Waals surface area contributed by atoms with Crippen molar-refractivity contribution in [3.63, 3.8) is 0 Å². The molecule has 2 aromatic carbocycles. The van der Waals surface area contributed by atoms with Gasteiger partial charge in [0.2, 0.25) is 0 Å². The number of hydrogen-bond acceptors (Lipinski definition) is 6. The molecule has 0 heterocycles. The van der Waals surface area contributed by atoms with Gasteiger partial charge in [-0.15, -0.1) is 0 Å². The second-order valence-electron chi connectivity index (χ2n) is 5.76. The highest BCUT2D eigenvalue weighted by Crippen LogP contribution is 2.17. The Bertz CT molecular complexity index is 802. The van der Waals surface area contributed by atoms with Gasteiger partial charge in [-0.3, -0.25) is 19.7 Å². The summed E-state index contributed by atoms with van der Waals surface area (Å²) in [6.45, 7) is 1.49. The molecule has 0 saturated carbocycles. The summed E-state index contributed by atoms with van der Waals surface area (Å²) < 4.78 is 5.34. The zero-order valence-electron chi connectivity index (χ0n) is 14.8. The van der Waals surface area contributed by atoms with Gasteiger partial charge < -0.3 is 15.2 Å². The molecule has 0 bridgehead atoms. The normalized spacial score (nSPS) is 11.5. The van der Waals surface area contributed by atoms with Gasteiger partial charge in [0.05, 0.1) is 11.0 Å². The molecule has 0 spiro atoms. The van der Waals surface area contributed by atoms with E-state index < -0.39 is 16.9 Å². The van der Waals surface area contributed by atoms with Crippen molar-refractivity contribution in [3.05, 3.63) is 69.8 Å². The molecule has 8 nitrogen and oxygen atoms in total. The number of benzene rings is 2. The van der Waals surface area contributed by atoms with E-state index in [4.69, 9.17) is 4.74 Å². The molecule has 27 heavy (non-hydrogen) atoms. The second kappa shape index (κ2) is 9.44. The number of carbonyl (C=O) groups excluding carboxylic acids is 2. The molecule has 1 atom stereocenters. The number of ether oxygens (including phenoxy) is 1. The summed E-state index contributed by atoms with van der Waals surface area (Å²) >= 11 is 0. The summed E-state index contributed by atoms with van der Waals surface area (Å²) in [5.41, 5.74) is 0.966. The minimum atomic E-state index is -0.992. The average molecular weight is 372 g/mol. The van der Waals surface area contributed by atoms with Crippen molar-refractivity contribution in [2.24, 2.45) is 0 Å². The van der Waals surface area contributed by atoms with Crippen LogP contribution in [0.15, 0.2) is 48.5 Å². The summed E-state index contributed by atoms with van der Waals surface area (Å²) in [6, 6.07) is 11.9. The third-order valence-corrected chi connectivity index (χ3v) is 3.85. The standard InChI is InChI=1S/C19H20N2O6/c1-2-17(22)13-5-9-16(10-6-13)27-12-19(24)20-11-18(23)14-3-7-15(8-4-14)21(25)26/h3-10,18,23H,2,11-12H2,1H3,(H,20,24)/t18-/m1/s1. The maximum atomic E-state index is 11.8. The lowest BCUT2D eigenvalue weighted by Crippen LogP contribution is -2.32. The van der Waals surface area contributed by atoms with Crippen molar-refractivity contribution in [2.75, 3.05) is 13.2 Å². The first kappa shape index (κ1) is 20.1. The van der Waals surface area contributed by atoms with E-state index in [0.29, 0.717) is 23.3 Å². The number of aliphatic hydroxyl groups excluding tert-OH is 1. The van der Waals surface area contributed by atoms with Crippen LogP contribution in [-0.4, -0.2) is 34.9 Å². The van der Waals surface area contributed by atoms with Gasteiger partial charge >= 0.3 is 0 Å². The largest absolute Gasteiger partial charge is 0.484 e. The van der Waals surface area contributed by atoms with Gasteiger partial charge in [-0.1, -0.05) is 6.92 Å². The third kappa shape index (κ3) is 5.89. The molecule has 0 saturated heterocycles. The molecule has 0 radical (unpaired) electrons. The monoisotopic (exact) mass is 372 g/mol. The van der Waals surface area contributed by atoms with E-state index in [1.165, 1.54) is 24.3 Å². The molecule has 8 heteroatoms. The van der Waals surface area contributed by atoms with Gasteiger partial charge in [0.25, 0.3) is 11.6 Å². The number of nitrogens with one attached hydrogen (secondary N) is 1. The lowest BCUT2D eigenvalue weighted by molar-refractivity contribution is -0.384. The Morgan fingerprint density at radius 2 is 1.78 bits per heavy atom. The highest BCUT2D eigenvalue weighted by atomic mass is 16.6. The molecule has 0 fully saturated rings. The molecule has 2 rings (SSSR count). The van der Waals surface area contributed by atoms with Gasteiger partial charge in [-0.2, -0.15) is 0 Å². The van der Waals surface area contributed by atoms with Crippen molar-refractivity contribution in [3.8, 4) is 5.75 Å². The van der Waals surface area contributed by atoms with Crippen LogP contribution in [0.25, 0.3) is 0 Å². The first-order chi connectivity index (χ1) is 12.9. The third-order valence-electron chi connectivity index (χ3n) is 3.85. The summed E-state index contributed by atoms with van der Waals surface area (Å²) in [5.74, 6) is 0.0536. The Labute approximate surface area is 155 Å². The maximum absolute atomic E-state index is 11.8. The smallest absolute Gasteiger partial charge is 0.269 e. The molecule has 2 aromatic rings. The highest BCUT2D eigenvalue weighted by molar-refractivity contribution is 5.95. The van der Waals surface area contributed by atoms with Crippen LogP contribution in [-0.2, 0) is 4.79 Å². The van der Waals surface area contributed by atoms with Gasteiger partial charge in [0.1, 0.15) is 5.75 Å². The minimum Gasteiger partial charge on any atom is -0.484 e. The lowest BCUT2D eigenvalue weighted by Gasteiger charge is -2.12. The van der Waals surface area contributed by atoms with E-state index in [-0.39, 0.29) is 24.6 Å². The molecule has 0 aromatic heterocycles. The van der Waals surface area contributed by atoms with E-state index in [1.807, 2.05) is 0 Å². The van der Waals surface area contributed by atoms with Crippen LogP contribution in [0.3, 0.4) is 0 Å². The fourth-order valence-electron chi connectivity index (χ4n) is 2.29. The molecule has 0 aliphatic rings. The Kier molecular flexibility index (Phi) is 7.01. The number of nitro groups is 1. The number of rotatable bonds is 9. The second-order valence-corrected chi connectivity index (χ2v) is 5.76. The van der Waals surface area contributed by atoms with E-state index in [1.54, 1.807) is 31.2 Å². The molecular formula is C19H20N2O6. The van der Waals surface area contributed by atoms with E-state index in [9.17, 15) is 24.8 Å². The first-order valence-electron chi connectivity index (χ1n) is 8.36. The Balaban J connectivity index is 1.78. The lowest BCUT2D eigenvalue weighted by atomic mass is 10.1. The number of Topliss-reactive ketones (excluding diaryl/α,β-unsaturated/α-hetero) is 1. The zero-order chi connectivity index (χ0) is 19.8. The maximum Gasteiger partial charge on any atom is 0.269 e. The zero-order valence-corrected chi connectivity index (χ0v) is 14.8. The fourth-order valence-corrected chi connectivity index (χ4v) is 2.29. The molecular weight excluding hydrogens is 352 g/mol. The summed E-state index contributed by atoms with van der Waals surface area (Å²) in [6.07, 6.45) is -0.575. The van der Waals surface area contributed by atoms with Crippen LogP contribution >= 0.6 is 0 Å². The number of hydrogen-bond donors (Lipinski definition) is 2. The molecule has 1 amide bonds. The van der Waals surface area contributed by atoms with E-state index >= 15 is 0 Å². The summed E-state index contributed by atoms with van der Waals surface area (Å²) in [5, 5.41) is 23.2. The summed E-state index contributed by atoms with van der Waals surface area (Å²) in [4.78, 5) is 33.5. The minimum absolute atomic E-state index is 0.0273.